The maximum atomic E-state index is 13.3. The maximum Gasteiger partial charge on any atom is 0.387 e. The van der Waals surface area contributed by atoms with E-state index in [1.54, 1.807) is 12.1 Å². The summed E-state index contributed by atoms with van der Waals surface area (Å²) in [4.78, 5) is 27.7. The summed E-state index contributed by atoms with van der Waals surface area (Å²) < 4.78 is 42.5. The minimum Gasteiger partial charge on any atom is -0.489 e. The van der Waals surface area contributed by atoms with Crippen molar-refractivity contribution < 1.29 is 32.7 Å². The van der Waals surface area contributed by atoms with E-state index in [9.17, 15) is 23.7 Å². The van der Waals surface area contributed by atoms with E-state index in [0.717, 1.165) is 18.4 Å². The molecule has 2 saturated carbocycles. The van der Waals surface area contributed by atoms with Crippen molar-refractivity contribution in [3.8, 4) is 11.5 Å². The molecule has 8 nitrogen and oxygen atoms in total. The van der Waals surface area contributed by atoms with Gasteiger partial charge in [0, 0.05) is 30.9 Å². The third kappa shape index (κ3) is 6.79. The Labute approximate surface area is 238 Å². The number of benzene rings is 2. The quantitative estimate of drug-likeness (QED) is 0.123. The summed E-state index contributed by atoms with van der Waals surface area (Å²) in [5.74, 6) is -0.696. The van der Waals surface area contributed by atoms with Crippen LogP contribution in [0.2, 0.25) is 10.0 Å². The molecule has 0 amide bonds. The summed E-state index contributed by atoms with van der Waals surface area (Å²) in [6.07, 6.45) is 4.60. The highest BCUT2D eigenvalue weighted by Gasteiger charge is 2.46. The number of nitro groups is 1. The Hall–Kier alpha value is -3.50. The van der Waals surface area contributed by atoms with E-state index in [2.05, 4.69) is 9.72 Å². The standard InChI is InChI=1S/C28H24Cl2F2N2O6/c29-22-12-33-13-23(30)21(22)11-25(17-5-8-24(40-28(31)32)26(9-17)38-14-15-1-2-15)39-27(35)20-10-19(20)16-3-6-18(7-4-16)34(36)37/h3-9,12-13,15,19-20,25,28H,1-2,10-11,14H2/t19?,20?,25-/m0/s1. The number of aromatic nitrogens is 1. The van der Waals surface area contributed by atoms with Gasteiger partial charge in [-0.25, -0.2) is 0 Å². The molecule has 3 aromatic rings. The van der Waals surface area contributed by atoms with E-state index in [1.807, 2.05) is 0 Å². The Kier molecular flexibility index (Phi) is 8.37. The molecule has 0 N–H and O–H groups in total. The van der Waals surface area contributed by atoms with Crippen LogP contribution >= 0.6 is 23.2 Å². The van der Waals surface area contributed by atoms with E-state index >= 15 is 0 Å². The van der Waals surface area contributed by atoms with Crippen molar-refractivity contribution >= 4 is 34.9 Å². The number of carbonyl (C=O) groups is 1. The molecule has 0 aliphatic heterocycles. The second kappa shape index (κ2) is 11.9. The van der Waals surface area contributed by atoms with Gasteiger partial charge < -0.3 is 14.2 Å². The number of carbonyl (C=O) groups excluding carboxylic acids is 1. The summed E-state index contributed by atoms with van der Waals surface area (Å²) in [5.41, 5.74) is 1.76. The van der Waals surface area contributed by atoms with Crippen LogP contribution in [0.3, 0.4) is 0 Å². The zero-order valence-electron chi connectivity index (χ0n) is 21.0. The highest BCUT2D eigenvalue weighted by Crippen LogP contribution is 2.49. The highest BCUT2D eigenvalue weighted by atomic mass is 35.5. The van der Waals surface area contributed by atoms with Gasteiger partial charge in [0.05, 0.1) is 27.5 Å². The molecular formula is C28H24Cl2F2N2O6. The van der Waals surface area contributed by atoms with Crippen LogP contribution in [0.5, 0.6) is 11.5 Å². The summed E-state index contributed by atoms with van der Waals surface area (Å²) in [6.45, 7) is -2.68. The van der Waals surface area contributed by atoms with Crippen LogP contribution in [0, 0.1) is 22.0 Å². The SMILES string of the molecule is O=C(O[C@@H](Cc1c(Cl)cncc1Cl)c1ccc(OC(F)F)c(OCC2CC2)c1)C1CC1c1ccc([N+](=O)[O-])cc1. The number of non-ortho nitro benzene ring substituents is 1. The molecule has 40 heavy (non-hydrogen) atoms. The fraction of sp³-hybridized carbons (Fsp3) is 0.357. The van der Waals surface area contributed by atoms with Crippen LogP contribution in [0.25, 0.3) is 0 Å². The predicted molar refractivity (Wildman–Crippen MR) is 142 cm³/mol. The van der Waals surface area contributed by atoms with Gasteiger partial charge in [-0.1, -0.05) is 41.4 Å². The summed E-state index contributed by atoms with van der Waals surface area (Å²) in [5, 5.41) is 11.5. The predicted octanol–water partition coefficient (Wildman–Crippen LogP) is 7.32. The van der Waals surface area contributed by atoms with Crippen molar-refractivity contribution in [1.29, 1.82) is 0 Å². The van der Waals surface area contributed by atoms with E-state index in [0.29, 0.717) is 30.1 Å². The van der Waals surface area contributed by atoms with E-state index in [4.69, 9.17) is 32.7 Å². The highest BCUT2D eigenvalue weighted by molar-refractivity contribution is 6.35. The van der Waals surface area contributed by atoms with Crippen molar-refractivity contribution in [2.24, 2.45) is 11.8 Å². The fourth-order valence-electron chi connectivity index (χ4n) is 4.46. The van der Waals surface area contributed by atoms with Gasteiger partial charge in [0.25, 0.3) is 5.69 Å². The number of nitro benzene ring substituents is 1. The van der Waals surface area contributed by atoms with Gasteiger partial charge in [-0.15, -0.1) is 0 Å². The van der Waals surface area contributed by atoms with Crippen LogP contribution in [-0.4, -0.2) is 29.1 Å². The normalized spacial score (nSPS) is 18.7. The molecule has 1 heterocycles. The molecule has 0 saturated heterocycles. The third-order valence-electron chi connectivity index (χ3n) is 6.95. The average Bonchev–Trinajstić information content (AvgIpc) is 3.84. The lowest BCUT2D eigenvalue weighted by atomic mass is 10.0. The first-order valence-corrected chi connectivity index (χ1v) is 13.4. The number of rotatable bonds is 12. The molecule has 2 aliphatic rings. The lowest BCUT2D eigenvalue weighted by Gasteiger charge is -2.21. The largest absolute Gasteiger partial charge is 0.489 e. The second-order valence-corrected chi connectivity index (χ2v) is 10.7. The lowest BCUT2D eigenvalue weighted by molar-refractivity contribution is -0.384. The number of hydrogen-bond donors (Lipinski definition) is 0. The Morgan fingerprint density at radius 1 is 1.07 bits per heavy atom. The number of esters is 1. The van der Waals surface area contributed by atoms with Gasteiger partial charge in [-0.2, -0.15) is 8.78 Å². The van der Waals surface area contributed by atoms with Gasteiger partial charge in [0.2, 0.25) is 0 Å². The van der Waals surface area contributed by atoms with Crippen LogP contribution in [0.15, 0.2) is 54.9 Å². The van der Waals surface area contributed by atoms with Crippen LogP contribution in [0.4, 0.5) is 14.5 Å². The summed E-state index contributed by atoms with van der Waals surface area (Å²) >= 11 is 12.7. The molecule has 2 fully saturated rings. The van der Waals surface area contributed by atoms with Gasteiger partial charge in [-0.05, 0) is 59.9 Å². The van der Waals surface area contributed by atoms with E-state index < -0.39 is 29.5 Å². The van der Waals surface area contributed by atoms with Crippen LogP contribution in [0.1, 0.15) is 48.0 Å². The van der Waals surface area contributed by atoms with Crippen molar-refractivity contribution in [3.05, 3.63) is 91.7 Å². The molecule has 0 radical (unpaired) electrons. The average molecular weight is 593 g/mol. The van der Waals surface area contributed by atoms with Gasteiger partial charge in [0.1, 0.15) is 6.10 Å². The smallest absolute Gasteiger partial charge is 0.387 e. The van der Waals surface area contributed by atoms with Gasteiger partial charge in [0.15, 0.2) is 11.5 Å². The Bertz CT molecular complexity index is 1380. The van der Waals surface area contributed by atoms with Gasteiger partial charge >= 0.3 is 12.6 Å². The Morgan fingerprint density at radius 3 is 2.40 bits per heavy atom. The fourth-order valence-corrected chi connectivity index (χ4v) is 4.98. The third-order valence-corrected chi connectivity index (χ3v) is 7.60. The summed E-state index contributed by atoms with van der Waals surface area (Å²) in [6, 6.07) is 10.5. The lowest BCUT2D eigenvalue weighted by Crippen LogP contribution is -2.17. The number of alkyl halides is 2. The van der Waals surface area contributed by atoms with Crippen molar-refractivity contribution in [2.45, 2.75) is 44.3 Å². The van der Waals surface area contributed by atoms with Gasteiger partial charge in [-0.3, -0.25) is 19.9 Å². The van der Waals surface area contributed by atoms with Crippen molar-refractivity contribution in [3.63, 3.8) is 0 Å². The number of hydrogen-bond acceptors (Lipinski definition) is 7. The van der Waals surface area contributed by atoms with Crippen molar-refractivity contribution in [2.75, 3.05) is 6.61 Å². The topological polar surface area (TPSA) is 101 Å². The molecule has 210 valence electrons. The number of ether oxygens (including phenoxy) is 3. The number of halogens is 4. The molecule has 3 atom stereocenters. The molecule has 5 rings (SSSR count). The van der Waals surface area contributed by atoms with Crippen LogP contribution in [-0.2, 0) is 16.0 Å². The van der Waals surface area contributed by atoms with Crippen molar-refractivity contribution in [1.82, 2.24) is 4.98 Å². The number of nitrogens with zero attached hydrogens (tertiary/aromatic N) is 2. The Balaban J connectivity index is 1.39. The molecule has 2 unspecified atom stereocenters. The summed E-state index contributed by atoms with van der Waals surface area (Å²) in [7, 11) is 0. The zero-order valence-corrected chi connectivity index (χ0v) is 22.5. The minimum absolute atomic E-state index is 0.0336. The van der Waals surface area contributed by atoms with E-state index in [-0.39, 0.29) is 39.6 Å². The maximum absolute atomic E-state index is 13.3. The van der Waals surface area contributed by atoms with E-state index in [1.165, 1.54) is 42.7 Å². The molecular weight excluding hydrogens is 569 g/mol. The van der Waals surface area contributed by atoms with Crippen LogP contribution < -0.4 is 9.47 Å². The first kappa shape index (κ1) is 28.0. The Morgan fingerprint density at radius 2 is 1.77 bits per heavy atom. The zero-order chi connectivity index (χ0) is 28.4. The second-order valence-electron chi connectivity index (χ2n) is 9.85. The first-order chi connectivity index (χ1) is 19.2. The monoisotopic (exact) mass is 592 g/mol. The molecule has 2 aliphatic carbocycles. The number of pyridine rings is 1. The molecule has 0 spiro atoms. The first-order valence-electron chi connectivity index (χ1n) is 12.6. The molecule has 12 heteroatoms. The minimum atomic E-state index is -3.04. The molecule has 0 bridgehead atoms. The molecule has 1 aromatic heterocycles. The molecule has 2 aromatic carbocycles.